The Morgan fingerprint density at radius 1 is 1.22 bits per heavy atom. The predicted octanol–water partition coefficient (Wildman–Crippen LogP) is 3.08. The minimum absolute atomic E-state index is 0.0411. The second-order valence-corrected chi connectivity index (χ2v) is 6.89. The van der Waals surface area contributed by atoms with E-state index in [0.29, 0.717) is 19.4 Å². The SMILES string of the molecule is COC(=O)C#CCC(CC1OC(C)(C)OC1C)OCc1ccc(OC)cc1. The molecule has 1 aromatic rings. The Labute approximate surface area is 161 Å². The summed E-state index contributed by atoms with van der Waals surface area (Å²) in [7, 11) is 2.94. The number of esters is 1. The second-order valence-electron chi connectivity index (χ2n) is 6.89. The van der Waals surface area contributed by atoms with Crippen LogP contribution in [0.5, 0.6) is 5.75 Å². The largest absolute Gasteiger partial charge is 0.497 e. The molecule has 0 aliphatic carbocycles. The third-order valence-electron chi connectivity index (χ3n) is 4.27. The van der Waals surface area contributed by atoms with Gasteiger partial charge in [-0.05, 0) is 38.5 Å². The Morgan fingerprint density at radius 3 is 2.48 bits per heavy atom. The molecule has 0 aromatic heterocycles. The Hall–Kier alpha value is -2.07. The predicted molar refractivity (Wildman–Crippen MR) is 100 cm³/mol. The summed E-state index contributed by atoms with van der Waals surface area (Å²) in [6.45, 7) is 6.21. The van der Waals surface area contributed by atoms with E-state index in [1.165, 1.54) is 7.11 Å². The number of hydrogen-bond donors (Lipinski definition) is 0. The molecule has 6 nitrogen and oxygen atoms in total. The molecule has 0 bridgehead atoms. The fourth-order valence-corrected chi connectivity index (χ4v) is 2.94. The van der Waals surface area contributed by atoms with Gasteiger partial charge in [-0.1, -0.05) is 18.1 Å². The maximum Gasteiger partial charge on any atom is 0.384 e. The molecule has 0 amide bonds. The summed E-state index contributed by atoms with van der Waals surface area (Å²) in [5, 5.41) is 0. The Kier molecular flexibility index (Phi) is 7.66. The highest BCUT2D eigenvalue weighted by atomic mass is 16.7. The van der Waals surface area contributed by atoms with E-state index in [2.05, 4.69) is 16.6 Å². The highest BCUT2D eigenvalue weighted by Crippen LogP contribution is 2.31. The van der Waals surface area contributed by atoms with E-state index in [0.717, 1.165) is 11.3 Å². The van der Waals surface area contributed by atoms with Gasteiger partial charge in [0.05, 0.1) is 39.1 Å². The van der Waals surface area contributed by atoms with Crippen molar-refractivity contribution in [3.05, 3.63) is 29.8 Å². The number of carbonyl (C=O) groups is 1. The molecule has 1 fully saturated rings. The summed E-state index contributed by atoms with van der Waals surface area (Å²) < 4.78 is 27.6. The van der Waals surface area contributed by atoms with Gasteiger partial charge < -0.3 is 23.7 Å². The molecule has 148 valence electrons. The minimum Gasteiger partial charge on any atom is -0.497 e. The molecule has 1 heterocycles. The zero-order valence-corrected chi connectivity index (χ0v) is 16.6. The molecule has 3 unspecified atom stereocenters. The summed E-state index contributed by atoms with van der Waals surface area (Å²) in [6.07, 6.45) is 0.685. The summed E-state index contributed by atoms with van der Waals surface area (Å²) in [5.74, 6) is 4.92. The summed E-state index contributed by atoms with van der Waals surface area (Å²) in [4.78, 5) is 11.2. The van der Waals surface area contributed by atoms with Crippen molar-refractivity contribution in [1.29, 1.82) is 0 Å². The Bertz CT molecular complexity index is 670. The Balaban J connectivity index is 1.99. The van der Waals surface area contributed by atoms with Gasteiger partial charge in [0.1, 0.15) is 5.75 Å². The molecule has 0 N–H and O–H groups in total. The minimum atomic E-state index is -0.609. The van der Waals surface area contributed by atoms with Gasteiger partial charge in [-0.25, -0.2) is 4.79 Å². The lowest BCUT2D eigenvalue weighted by atomic mass is 10.1. The zero-order chi connectivity index (χ0) is 19.9. The van der Waals surface area contributed by atoms with Crippen molar-refractivity contribution in [1.82, 2.24) is 0 Å². The average molecular weight is 376 g/mol. The Morgan fingerprint density at radius 2 is 1.93 bits per heavy atom. The first-order valence-electron chi connectivity index (χ1n) is 9.00. The molecule has 0 spiro atoms. The van der Waals surface area contributed by atoms with E-state index in [4.69, 9.17) is 18.9 Å². The molecule has 0 saturated carbocycles. The van der Waals surface area contributed by atoms with Gasteiger partial charge in [0.2, 0.25) is 0 Å². The van der Waals surface area contributed by atoms with E-state index in [1.807, 2.05) is 45.0 Å². The number of rotatable bonds is 7. The van der Waals surface area contributed by atoms with Crippen molar-refractivity contribution in [3.63, 3.8) is 0 Å². The van der Waals surface area contributed by atoms with Crippen LogP contribution in [0.25, 0.3) is 0 Å². The van der Waals surface area contributed by atoms with Crippen molar-refractivity contribution < 1.29 is 28.5 Å². The van der Waals surface area contributed by atoms with Crippen LogP contribution in [0.15, 0.2) is 24.3 Å². The first-order chi connectivity index (χ1) is 12.8. The molecule has 0 radical (unpaired) electrons. The van der Waals surface area contributed by atoms with E-state index in [9.17, 15) is 4.79 Å². The van der Waals surface area contributed by atoms with Crippen molar-refractivity contribution in [2.75, 3.05) is 14.2 Å². The third-order valence-corrected chi connectivity index (χ3v) is 4.27. The molecule has 1 saturated heterocycles. The van der Waals surface area contributed by atoms with Gasteiger partial charge >= 0.3 is 5.97 Å². The van der Waals surface area contributed by atoms with E-state index < -0.39 is 11.8 Å². The fraction of sp³-hybridized carbons (Fsp3) is 0.571. The van der Waals surface area contributed by atoms with Gasteiger partial charge in [0, 0.05) is 18.8 Å². The number of benzene rings is 1. The standard InChI is InChI=1S/C21H28O6/c1-15-19(27-21(2,3)26-15)13-18(7-6-8-20(22)24-5)25-14-16-9-11-17(23-4)12-10-16/h9-12,15,18-19H,7,13-14H2,1-5H3. The van der Waals surface area contributed by atoms with Gasteiger partial charge in [0.25, 0.3) is 0 Å². The van der Waals surface area contributed by atoms with Crippen molar-refractivity contribution >= 4 is 5.97 Å². The van der Waals surface area contributed by atoms with Crippen molar-refractivity contribution in [2.45, 2.75) is 64.3 Å². The molecule has 1 aliphatic rings. The first kappa shape index (κ1) is 21.2. The van der Waals surface area contributed by atoms with Crippen molar-refractivity contribution in [3.8, 4) is 17.6 Å². The molecule has 3 atom stereocenters. The van der Waals surface area contributed by atoms with Crippen molar-refractivity contribution in [2.24, 2.45) is 0 Å². The average Bonchev–Trinajstić information content (AvgIpc) is 2.91. The van der Waals surface area contributed by atoms with Gasteiger partial charge in [0.15, 0.2) is 5.79 Å². The van der Waals surface area contributed by atoms with Crippen LogP contribution in [-0.4, -0.2) is 44.3 Å². The van der Waals surface area contributed by atoms with Crippen LogP contribution in [0, 0.1) is 11.8 Å². The maximum atomic E-state index is 11.2. The highest BCUT2D eigenvalue weighted by Gasteiger charge is 2.39. The third kappa shape index (κ3) is 6.87. The lowest BCUT2D eigenvalue weighted by Crippen LogP contribution is -2.27. The molecule has 1 aliphatic heterocycles. The lowest BCUT2D eigenvalue weighted by molar-refractivity contribution is -0.148. The number of ether oxygens (including phenoxy) is 5. The normalized spacial score (nSPS) is 21.8. The number of methoxy groups -OCH3 is 2. The second kappa shape index (κ2) is 9.75. The van der Waals surface area contributed by atoms with E-state index in [-0.39, 0.29) is 18.3 Å². The van der Waals surface area contributed by atoms with Gasteiger partial charge in [-0.15, -0.1) is 0 Å². The monoisotopic (exact) mass is 376 g/mol. The summed E-state index contributed by atoms with van der Waals surface area (Å²) in [5.41, 5.74) is 1.03. The van der Waals surface area contributed by atoms with Gasteiger partial charge in [-0.3, -0.25) is 0 Å². The fourth-order valence-electron chi connectivity index (χ4n) is 2.94. The number of carbonyl (C=O) groups excluding carboxylic acids is 1. The molecule has 2 rings (SSSR count). The zero-order valence-electron chi connectivity index (χ0n) is 16.6. The molecule has 27 heavy (non-hydrogen) atoms. The molecular weight excluding hydrogens is 348 g/mol. The maximum absolute atomic E-state index is 11.2. The highest BCUT2D eigenvalue weighted by molar-refractivity contribution is 5.88. The van der Waals surface area contributed by atoms with E-state index in [1.54, 1.807) is 7.11 Å². The first-order valence-corrected chi connectivity index (χ1v) is 9.00. The van der Waals surface area contributed by atoms with Crippen LogP contribution in [0.2, 0.25) is 0 Å². The smallest absolute Gasteiger partial charge is 0.384 e. The van der Waals surface area contributed by atoms with Crippen LogP contribution in [0.3, 0.4) is 0 Å². The molecule has 6 heteroatoms. The van der Waals surface area contributed by atoms with Crippen LogP contribution in [0.4, 0.5) is 0 Å². The van der Waals surface area contributed by atoms with E-state index >= 15 is 0 Å². The van der Waals surface area contributed by atoms with Crippen LogP contribution in [0.1, 0.15) is 39.2 Å². The topological polar surface area (TPSA) is 63.2 Å². The lowest BCUT2D eigenvalue weighted by Gasteiger charge is -2.21. The van der Waals surface area contributed by atoms with Crippen LogP contribution >= 0.6 is 0 Å². The summed E-state index contributed by atoms with van der Waals surface area (Å²) in [6, 6.07) is 7.69. The quantitative estimate of drug-likeness (QED) is 0.414. The molecular formula is C21H28O6. The van der Waals surface area contributed by atoms with Crippen LogP contribution in [-0.2, 0) is 30.3 Å². The van der Waals surface area contributed by atoms with Gasteiger partial charge in [-0.2, -0.15) is 0 Å². The number of hydrogen-bond acceptors (Lipinski definition) is 6. The molecule has 1 aromatic carbocycles. The van der Waals surface area contributed by atoms with Crippen LogP contribution < -0.4 is 4.74 Å². The summed E-state index contributed by atoms with van der Waals surface area (Å²) >= 11 is 0.